The summed E-state index contributed by atoms with van der Waals surface area (Å²) in [5.41, 5.74) is 8.02. The van der Waals surface area contributed by atoms with Crippen LogP contribution in [-0.4, -0.2) is 4.57 Å². The highest BCUT2D eigenvalue weighted by molar-refractivity contribution is 5.25. The van der Waals surface area contributed by atoms with Crippen molar-refractivity contribution in [2.75, 3.05) is 0 Å². The molecule has 0 aliphatic rings. The first-order chi connectivity index (χ1) is 8.68. The molecule has 0 spiro atoms. The number of hydroxylamine groups is 1. The van der Waals surface area contributed by atoms with E-state index in [0.717, 1.165) is 6.54 Å². The van der Waals surface area contributed by atoms with Crippen LogP contribution >= 0.6 is 0 Å². The molecule has 0 bridgehead atoms. The second-order valence-corrected chi connectivity index (χ2v) is 4.55. The van der Waals surface area contributed by atoms with Crippen LogP contribution in [0.2, 0.25) is 0 Å². The monoisotopic (exact) mass is 244 g/mol. The zero-order valence-electron chi connectivity index (χ0n) is 11.2. The van der Waals surface area contributed by atoms with Gasteiger partial charge in [0, 0.05) is 25.0 Å². The lowest BCUT2D eigenvalue weighted by atomic mass is 10.2. The quantitative estimate of drug-likeness (QED) is 0.646. The molecule has 2 rings (SSSR count). The van der Waals surface area contributed by atoms with E-state index in [2.05, 4.69) is 49.1 Å². The molecule has 2 aromatic rings. The van der Waals surface area contributed by atoms with Gasteiger partial charge in [-0.05, 0) is 31.0 Å². The Balaban J connectivity index is 1.80. The molecule has 0 amide bonds. The number of hydrogen-bond acceptors (Lipinski definition) is 2. The Kier molecular flexibility index (Phi) is 4.18. The number of aromatic nitrogens is 1. The summed E-state index contributed by atoms with van der Waals surface area (Å²) in [7, 11) is 2.08. The molecule has 0 aliphatic carbocycles. The molecule has 96 valence electrons. The van der Waals surface area contributed by atoms with Crippen LogP contribution in [0.1, 0.15) is 22.5 Å². The molecular weight excluding hydrogens is 224 g/mol. The molecule has 0 fully saturated rings. The lowest BCUT2D eigenvalue weighted by Crippen LogP contribution is -2.14. The van der Waals surface area contributed by atoms with Gasteiger partial charge in [-0.2, -0.15) is 5.48 Å². The molecule has 0 saturated carbocycles. The first-order valence-corrected chi connectivity index (χ1v) is 6.19. The number of nitrogens with one attached hydrogen (secondary N) is 1. The second-order valence-electron chi connectivity index (χ2n) is 4.55. The Morgan fingerprint density at radius 1 is 1.17 bits per heavy atom. The van der Waals surface area contributed by atoms with E-state index in [9.17, 15) is 0 Å². The van der Waals surface area contributed by atoms with Crippen LogP contribution in [0, 0.1) is 13.8 Å². The number of benzene rings is 1. The Hall–Kier alpha value is -1.58. The summed E-state index contributed by atoms with van der Waals surface area (Å²) < 4.78 is 2.19. The van der Waals surface area contributed by atoms with Crippen LogP contribution in [0.5, 0.6) is 0 Å². The van der Waals surface area contributed by atoms with Crippen molar-refractivity contribution in [3.05, 3.63) is 58.9 Å². The molecule has 3 nitrogen and oxygen atoms in total. The van der Waals surface area contributed by atoms with Gasteiger partial charge in [0.15, 0.2) is 0 Å². The molecule has 18 heavy (non-hydrogen) atoms. The van der Waals surface area contributed by atoms with Gasteiger partial charge < -0.3 is 4.57 Å². The van der Waals surface area contributed by atoms with Gasteiger partial charge in [0.1, 0.15) is 0 Å². The number of rotatable bonds is 5. The van der Waals surface area contributed by atoms with Crippen molar-refractivity contribution in [2.45, 2.75) is 27.0 Å². The van der Waals surface area contributed by atoms with Crippen molar-refractivity contribution in [3.8, 4) is 0 Å². The SMILES string of the molecule is Cc1cc(CNOCc2ccccc2)c(C)n1C. The molecule has 1 aromatic heterocycles. The highest BCUT2D eigenvalue weighted by Gasteiger charge is 2.05. The van der Waals surface area contributed by atoms with Crippen molar-refractivity contribution in [2.24, 2.45) is 7.05 Å². The minimum atomic E-state index is 0.589. The zero-order chi connectivity index (χ0) is 13.0. The Bertz CT molecular complexity index is 503. The Morgan fingerprint density at radius 3 is 2.50 bits per heavy atom. The van der Waals surface area contributed by atoms with Gasteiger partial charge in [-0.3, -0.25) is 4.84 Å². The summed E-state index contributed by atoms with van der Waals surface area (Å²) in [6, 6.07) is 12.3. The van der Waals surface area contributed by atoms with Crippen LogP contribution in [0.25, 0.3) is 0 Å². The van der Waals surface area contributed by atoms with Crippen LogP contribution in [0.4, 0.5) is 0 Å². The molecule has 1 heterocycles. The Labute approximate surface area is 108 Å². The van der Waals surface area contributed by atoms with Gasteiger partial charge in [0.25, 0.3) is 0 Å². The summed E-state index contributed by atoms with van der Waals surface area (Å²) in [6.45, 7) is 5.56. The first-order valence-electron chi connectivity index (χ1n) is 6.19. The van der Waals surface area contributed by atoms with Crippen molar-refractivity contribution in [1.29, 1.82) is 0 Å². The fraction of sp³-hybridized carbons (Fsp3) is 0.333. The number of hydrogen-bond donors (Lipinski definition) is 1. The van der Waals surface area contributed by atoms with Crippen LogP contribution in [0.15, 0.2) is 36.4 Å². The summed E-state index contributed by atoms with van der Waals surface area (Å²) in [6.07, 6.45) is 0. The van der Waals surface area contributed by atoms with E-state index in [1.165, 1.54) is 22.5 Å². The average Bonchev–Trinajstić information content (AvgIpc) is 2.64. The zero-order valence-corrected chi connectivity index (χ0v) is 11.2. The maximum absolute atomic E-state index is 5.47. The fourth-order valence-corrected chi connectivity index (χ4v) is 1.95. The van der Waals surface area contributed by atoms with E-state index in [-0.39, 0.29) is 0 Å². The summed E-state index contributed by atoms with van der Waals surface area (Å²) in [5, 5.41) is 0. The predicted molar refractivity (Wildman–Crippen MR) is 73.0 cm³/mol. The van der Waals surface area contributed by atoms with Crippen LogP contribution < -0.4 is 5.48 Å². The highest BCUT2D eigenvalue weighted by atomic mass is 16.6. The summed E-state index contributed by atoms with van der Waals surface area (Å²) in [4.78, 5) is 5.47. The van der Waals surface area contributed by atoms with E-state index in [1.54, 1.807) is 0 Å². The van der Waals surface area contributed by atoms with Gasteiger partial charge in [-0.15, -0.1) is 0 Å². The predicted octanol–water partition coefficient (Wildman–Crippen LogP) is 2.86. The largest absolute Gasteiger partial charge is 0.352 e. The van der Waals surface area contributed by atoms with E-state index < -0.39 is 0 Å². The van der Waals surface area contributed by atoms with E-state index in [1.807, 2.05) is 18.2 Å². The van der Waals surface area contributed by atoms with E-state index >= 15 is 0 Å². The first kappa shape index (κ1) is 12.9. The topological polar surface area (TPSA) is 26.2 Å². The van der Waals surface area contributed by atoms with Gasteiger partial charge in [0.05, 0.1) is 6.61 Å². The van der Waals surface area contributed by atoms with Gasteiger partial charge in [-0.25, -0.2) is 0 Å². The van der Waals surface area contributed by atoms with E-state index in [4.69, 9.17) is 4.84 Å². The third kappa shape index (κ3) is 3.00. The third-order valence-electron chi connectivity index (χ3n) is 3.33. The van der Waals surface area contributed by atoms with Crippen LogP contribution in [0.3, 0.4) is 0 Å². The molecule has 0 unspecified atom stereocenters. The van der Waals surface area contributed by atoms with Gasteiger partial charge >= 0.3 is 0 Å². The van der Waals surface area contributed by atoms with Gasteiger partial charge in [0.2, 0.25) is 0 Å². The molecule has 0 radical (unpaired) electrons. The molecular formula is C15H20N2O. The molecule has 1 N–H and O–H groups in total. The molecule has 0 aliphatic heterocycles. The minimum Gasteiger partial charge on any atom is -0.352 e. The molecule has 1 aromatic carbocycles. The van der Waals surface area contributed by atoms with E-state index in [0.29, 0.717) is 6.61 Å². The maximum atomic E-state index is 5.47. The number of aryl methyl sites for hydroxylation is 1. The lowest BCUT2D eigenvalue weighted by Gasteiger charge is -2.06. The van der Waals surface area contributed by atoms with Crippen LogP contribution in [-0.2, 0) is 25.0 Å². The maximum Gasteiger partial charge on any atom is 0.0933 e. The lowest BCUT2D eigenvalue weighted by molar-refractivity contribution is 0.0234. The van der Waals surface area contributed by atoms with Crippen molar-refractivity contribution < 1.29 is 4.84 Å². The number of nitrogens with zero attached hydrogens (tertiary/aromatic N) is 1. The standard InChI is InChI=1S/C15H20N2O/c1-12-9-15(13(2)17(12)3)10-16-18-11-14-7-5-4-6-8-14/h4-9,16H,10-11H2,1-3H3. The molecule has 3 heteroatoms. The fourth-order valence-electron chi connectivity index (χ4n) is 1.95. The summed E-state index contributed by atoms with van der Waals surface area (Å²) in [5.74, 6) is 0. The molecule has 0 atom stereocenters. The summed E-state index contributed by atoms with van der Waals surface area (Å²) >= 11 is 0. The second kappa shape index (κ2) is 5.85. The minimum absolute atomic E-state index is 0.589. The van der Waals surface area contributed by atoms with Gasteiger partial charge in [-0.1, -0.05) is 30.3 Å². The normalized spacial score (nSPS) is 10.8. The van der Waals surface area contributed by atoms with Crippen molar-refractivity contribution >= 4 is 0 Å². The van der Waals surface area contributed by atoms with Crippen molar-refractivity contribution in [1.82, 2.24) is 10.0 Å². The smallest absolute Gasteiger partial charge is 0.0933 e. The Morgan fingerprint density at radius 2 is 1.89 bits per heavy atom. The molecule has 0 saturated heterocycles. The average molecular weight is 244 g/mol. The van der Waals surface area contributed by atoms with Crippen molar-refractivity contribution in [3.63, 3.8) is 0 Å². The highest BCUT2D eigenvalue weighted by Crippen LogP contribution is 2.12. The third-order valence-corrected chi connectivity index (χ3v) is 3.33.